The van der Waals surface area contributed by atoms with Crippen LogP contribution in [0.3, 0.4) is 0 Å². The topological polar surface area (TPSA) is 53.7 Å². The van der Waals surface area contributed by atoms with Gasteiger partial charge in [0.2, 0.25) is 0 Å². The van der Waals surface area contributed by atoms with Gasteiger partial charge in [-0.15, -0.1) is 0 Å². The van der Waals surface area contributed by atoms with Crippen LogP contribution in [0.4, 0.5) is 0 Å². The highest BCUT2D eigenvalue weighted by atomic mass is 16.4. The van der Waals surface area contributed by atoms with Crippen LogP contribution in [0, 0.1) is 6.92 Å². The molecule has 4 heteroatoms. The Hall–Kier alpha value is -2.59. The van der Waals surface area contributed by atoms with Crippen molar-refractivity contribution in [2.45, 2.75) is 33.4 Å². The van der Waals surface area contributed by atoms with Gasteiger partial charge in [0.1, 0.15) is 11.3 Å². The van der Waals surface area contributed by atoms with E-state index in [1.807, 2.05) is 24.3 Å². The van der Waals surface area contributed by atoms with E-state index in [1.165, 1.54) is 5.56 Å². The second-order valence-electron chi connectivity index (χ2n) is 6.37. The second kappa shape index (κ2) is 7.53. The molecule has 3 rings (SSSR count). The Bertz CT molecular complexity index is 916. The summed E-state index contributed by atoms with van der Waals surface area (Å²) in [4.78, 5) is 14.3. The predicted octanol–water partition coefficient (Wildman–Crippen LogP) is 4.22. The van der Waals surface area contributed by atoms with Crippen molar-refractivity contribution in [3.63, 3.8) is 0 Å². The lowest BCUT2D eigenvalue weighted by Gasteiger charge is -2.22. The quantitative estimate of drug-likeness (QED) is 0.684. The Labute approximate surface area is 147 Å². The van der Waals surface area contributed by atoms with Gasteiger partial charge in [0.25, 0.3) is 0 Å². The molecular formula is C21H23NO3. The van der Waals surface area contributed by atoms with Gasteiger partial charge < -0.3 is 9.52 Å². The fourth-order valence-electron chi connectivity index (χ4n) is 3.16. The molecule has 0 atom stereocenters. The first-order valence-electron chi connectivity index (χ1n) is 8.60. The van der Waals surface area contributed by atoms with Crippen molar-refractivity contribution in [2.75, 3.05) is 6.54 Å². The molecule has 1 heterocycles. The molecule has 0 bridgehead atoms. The first-order valence-corrected chi connectivity index (χ1v) is 8.60. The zero-order chi connectivity index (χ0) is 17.8. The molecule has 0 saturated heterocycles. The van der Waals surface area contributed by atoms with Crippen LogP contribution in [0.5, 0.6) is 5.75 Å². The molecule has 25 heavy (non-hydrogen) atoms. The van der Waals surface area contributed by atoms with Gasteiger partial charge in [-0.2, -0.15) is 0 Å². The summed E-state index contributed by atoms with van der Waals surface area (Å²) >= 11 is 0. The maximum Gasteiger partial charge on any atom is 0.336 e. The van der Waals surface area contributed by atoms with E-state index in [0.29, 0.717) is 17.7 Å². The molecule has 3 aromatic rings. The smallest absolute Gasteiger partial charge is 0.336 e. The molecule has 130 valence electrons. The van der Waals surface area contributed by atoms with Crippen molar-refractivity contribution < 1.29 is 9.52 Å². The van der Waals surface area contributed by atoms with Crippen molar-refractivity contribution in [3.05, 3.63) is 75.6 Å². The van der Waals surface area contributed by atoms with Crippen LogP contribution >= 0.6 is 0 Å². The minimum Gasteiger partial charge on any atom is -0.508 e. The summed E-state index contributed by atoms with van der Waals surface area (Å²) in [5.74, 6) is 0.141. The number of nitrogens with zero attached hydrogens (tertiary/aromatic N) is 1. The summed E-state index contributed by atoms with van der Waals surface area (Å²) in [6, 6.07) is 15.4. The average Bonchev–Trinajstić information content (AvgIpc) is 2.59. The van der Waals surface area contributed by atoms with Crippen LogP contribution in [0.2, 0.25) is 0 Å². The number of hydrogen-bond acceptors (Lipinski definition) is 4. The van der Waals surface area contributed by atoms with Crippen LogP contribution in [-0.2, 0) is 13.1 Å². The molecule has 0 radical (unpaired) electrons. The number of phenolic OH excluding ortho intramolecular Hbond substituents is 1. The fraction of sp³-hybridized carbons (Fsp3) is 0.286. The van der Waals surface area contributed by atoms with Crippen LogP contribution in [0.15, 0.2) is 57.7 Å². The summed E-state index contributed by atoms with van der Waals surface area (Å²) in [5, 5.41) is 10.8. The number of benzene rings is 2. The van der Waals surface area contributed by atoms with Crippen molar-refractivity contribution in [1.29, 1.82) is 0 Å². The van der Waals surface area contributed by atoms with E-state index in [9.17, 15) is 9.90 Å². The summed E-state index contributed by atoms with van der Waals surface area (Å²) < 4.78 is 5.34. The van der Waals surface area contributed by atoms with Gasteiger partial charge in [-0.05, 0) is 43.1 Å². The number of aryl methyl sites for hydroxylation is 1. The zero-order valence-corrected chi connectivity index (χ0v) is 14.7. The van der Waals surface area contributed by atoms with Crippen LogP contribution < -0.4 is 5.63 Å². The minimum atomic E-state index is -0.382. The largest absolute Gasteiger partial charge is 0.508 e. The molecule has 2 aromatic carbocycles. The van der Waals surface area contributed by atoms with Gasteiger partial charge in [0.05, 0.1) is 0 Å². The van der Waals surface area contributed by atoms with E-state index in [4.69, 9.17) is 4.42 Å². The molecule has 1 N–H and O–H groups in total. The van der Waals surface area contributed by atoms with Crippen molar-refractivity contribution in [3.8, 4) is 5.75 Å². The Morgan fingerprint density at radius 1 is 1.08 bits per heavy atom. The molecule has 0 saturated carbocycles. The van der Waals surface area contributed by atoms with Gasteiger partial charge in [0.15, 0.2) is 0 Å². The van der Waals surface area contributed by atoms with Gasteiger partial charge in [-0.25, -0.2) is 4.79 Å². The van der Waals surface area contributed by atoms with Crippen molar-refractivity contribution in [1.82, 2.24) is 4.90 Å². The van der Waals surface area contributed by atoms with E-state index in [2.05, 4.69) is 24.0 Å². The van der Waals surface area contributed by atoms with E-state index in [1.54, 1.807) is 19.1 Å². The van der Waals surface area contributed by atoms with E-state index < -0.39 is 0 Å². The molecule has 0 amide bonds. The Morgan fingerprint density at radius 3 is 2.56 bits per heavy atom. The minimum absolute atomic E-state index is 0.141. The van der Waals surface area contributed by atoms with Gasteiger partial charge in [-0.1, -0.05) is 37.3 Å². The fourth-order valence-corrected chi connectivity index (χ4v) is 3.16. The number of aromatic hydroxyl groups is 1. The second-order valence-corrected chi connectivity index (χ2v) is 6.37. The van der Waals surface area contributed by atoms with E-state index >= 15 is 0 Å². The first kappa shape index (κ1) is 17.2. The van der Waals surface area contributed by atoms with Crippen LogP contribution in [-0.4, -0.2) is 16.6 Å². The van der Waals surface area contributed by atoms with E-state index in [-0.39, 0.29) is 11.4 Å². The van der Waals surface area contributed by atoms with Gasteiger partial charge >= 0.3 is 5.63 Å². The molecule has 0 unspecified atom stereocenters. The summed E-state index contributed by atoms with van der Waals surface area (Å²) in [6.45, 7) is 6.34. The number of hydrogen-bond donors (Lipinski definition) is 1. The van der Waals surface area contributed by atoms with E-state index in [0.717, 1.165) is 30.5 Å². The third-order valence-corrected chi connectivity index (χ3v) is 4.40. The molecule has 4 nitrogen and oxygen atoms in total. The molecule has 0 aliphatic heterocycles. The summed E-state index contributed by atoms with van der Waals surface area (Å²) in [7, 11) is 0. The molecule has 0 spiro atoms. The maximum atomic E-state index is 12.0. The molecule has 0 aliphatic rings. The normalized spacial score (nSPS) is 11.3. The monoisotopic (exact) mass is 337 g/mol. The summed E-state index contributed by atoms with van der Waals surface area (Å²) in [6.07, 6.45) is 1.03. The lowest BCUT2D eigenvalue weighted by Crippen LogP contribution is -2.24. The zero-order valence-electron chi connectivity index (χ0n) is 14.7. The average molecular weight is 337 g/mol. The van der Waals surface area contributed by atoms with Crippen molar-refractivity contribution >= 4 is 11.0 Å². The first-order chi connectivity index (χ1) is 12.1. The highest BCUT2D eigenvalue weighted by Gasteiger charge is 2.14. The molecule has 0 fully saturated rings. The maximum absolute atomic E-state index is 12.0. The predicted molar refractivity (Wildman–Crippen MR) is 99.7 cm³/mol. The summed E-state index contributed by atoms with van der Waals surface area (Å²) in [5.41, 5.74) is 2.86. The standard InChI is InChI=1S/C21H23NO3/c1-3-11-22(13-16-7-5-4-6-8-16)14-17-12-20(24)25-21-15(2)19(23)10-9-18(17)21/h4-10,12,23H,3,11,13-14H2,1-2H3. The lowest BCUT2D eigenvalue weighted by atomic mass is 10.1. The third kappa shape index (κ3) is 3.91. The SMILES string of the molecule is CCCN(Cc1ccccc1)Cc1cc(=O)oc2c(C)c(O)ccc12. The molecule has 0 aliphatic carbocycles. The van der Waals surface area contributed by atoms with Crippen LogP contribution in [0.1, 0.15) is 30.0 Å². The lowest BCUT2D eigenvalue weighted by molar-refractivity contribution is 0.257. The third-order valence-electron chi connectivity index (χ3n) is 4.40. The Balaban J connectivity index is 1.97. The van der Waals surface area contributed by atoms with Crippen LogP contribution in [0.25, 0.3) is 11.0 Å². The Kier molecular flexibility index (Phi) is 5.19. The van der Waals surface area contributed by atoms with Gasteiger partial charge in [0, 0.05) is 30.1 Å². The number of rotatable bonds is 6. The number of phenols is 1. The molecule has 1 aromatic heterocycles. The highest BCUT2D eigenvalue weighted by molar-refractivity contribution is 5.84. The van der Waals surface area contributed by atoms with Gasteiger partial charge in [-0.3, -0.25) is 4.90 Å². The Morgan fingerprint density at radius 2 is 1.84 bits per heavy atom. The van der Waals surface area contributed by atoms with Crippen molar-refractivity contribution in [2.24, 2.45) is 0 Å². The highest BCUT2D eigenvalue weighted by Crippen LogP contribution is 2.28. The number of fused-ring (bicyclic) bond motifs is 1. The molecular weight excluding hydrogens is 314 g/mol.